The van der Waals surface area contributed by atoms with Crippen molar-refractivity contribution in [2.45, 2.75) is 45.6 Å². The Kier molecular flexibility index (Phi) is 6.42. The summed E-state index contributed by atoms with van der Waals surface area (Å²) < 4.78 is 32.8. The Hall–Kier alpha value is -0.660. The van der Waals surface area contributed by atoms with Gasteiger partial charge in [0.25, 0.3) is 10.2 Å². The van der Waals surface area contributed by atoms with Crippen molar-refractivity contribution >= 4 is 16.2 Å². The highest BCUT2D eigenvalue weighted by Gasteiger charge is 2.30. The molecule has 1 aliphatic rings. The lowest BCUT2D eigenvalue weighted by molar-refractivity contribution is -0.140. The molecule has 0 aromatic heterocycles. The molecule has 1 fully saturated rings. The molecule has 0 bridgehead atoms. The van der Waals surface area contributed by atoms with E-state index in [1.807, 2.05) is 0 Å². The van der Waals surface area contributed by atoms with Gasteiger partial charge in [-0.2, -0.15) is 17.4 Å². The normalized spacial score (nSPS) is 27.6. The summed E-state index contributed by atoms with van der Waals surface area (Å²) in [6, 6.07) is -0.0169. The van der Waals surface area contributed by atoms with E-state index >= 15 is 0 Å². The topological polar surface area (TPSA) is 75.7 Å². The van der Waals surface area contributed by atoms with Gasteiger partial charge in [-0.15, -0.1) is 0 Å². The predicted octanol–water partition coefficient (Wildman–Crippen LogP) is 1.14. The smallest absolute Gasteiger partial charge is 0.306 e. The van der Waals surface area contributed by atoms with Gasteiger partial charge in [0.2, 0.25) is 0 Å². The quantitative estimate of drug-likeness (QED) is 0.747. The van der Waals surface area contributed by atoms with Crippen molar-refractivity contribution in [3.63, 3.8) is 0 Å². The average Bonchev–Trinajstić information content (AvgIpc) is 2.38. The molecule has 20 heavy (non-hydrogen) atoms. The molecular formula is C13H26N2O4S. The van der Waals surface area contributed by atoms with E-state index in [-0.39, 0.29) is 19.0 Å². The molecule has 1 aliphatic carbocycles. The van der Waals surface area contributed by atoms with Gasteiger partial charge in [-0.1, -0.05) is 13.8 Å². The van der Waals surface area contributed by atoms with E-state index in [0.29, 0.717) is 11.8 Å². The molecule has 7 heteroatoms. The Bertz CT molecular complexity index is 424. The van der Waals surface area contributed by atoms with Crippen LogP contribution in [0.15, 0.2) is 0 Å². The number of esters is 1. The molecule has 6 nitrogen and oxygen atoms in total. The zero-order valence-electron chi connectivity index (χ0n) is 12.8. The van der Waals surface area contributed by atoms with Crippen LogP contribution in [-0.4, -0.2) is 45.4 Å². The van der Waals surface area contributed by atoms with Gasteiger partial charge in [0, 0.05) is 19.6 Å². The van der Waals surface area contributed by atoms with E-state index in [0.717, 1.165) is 19.3 Å². The van der Waals surface area contributed by atoms with Crippen molar-refractivity contribution in [3.05, 3.63) is 0 Å². The van der Waals surface area contributed by atoms with E-state index < -0.39 is 16.2 Å². The molecule has 0 amide bonds. The number of rotatable bonds is 6. The fourth-order valence-corrected chi connectivity index (χ4v) is 3.84. The maximum Gasteiger partial charge on any atom is 0.306 e. The summed E-state index contributed by atoms with van der Waals surface area (Å²) in [6.45, 7) is 4.40. The highest BCUT2D eigenvalue weighted by molar-refractivity contribution is 7.87. The minimum Gasteiger partial charge on any atom is -0.469 e. The molecule has 1 N–H and O–H groups in total. The lowest BCUT2D eigenvalue weighted by Gasteiger charge is -2.33. The minimum absolute atomic E-state index is 0.0169. The van der Waals surface area contributed by atoms with E-state index in [1.54, 1.807) is 0 Å². The Balaban J connectivity index is 2.53. The van der Waals surface area contributed by atoms with Gasteiger partial charge in [-0.3, -0.25) is 4.79 Å². The first-order valence-corrected chi connectivity index (χ1v) is 8.50. The molecule has 0 heterocycles. The number of hydrogen-bond donors (Lipinski definition) is 1. The molecule has 0 aliphatic heterocycles. The number of carbonyl (C=O) groups is 1. The van der Waals surface area contributed by atoms with Crippen LogP contribution in [0.4, 0.5) is 0 Å². The van der Waals surface area contributed by atoms with Crippen LogP contribution in [0.2, 0.25) is 0 Å². The van der Waals surface area contributed by atoms with Crippen molar-refractivity contribution < 1.29 is 17.9 Å². The Morgan fingerprint density at radius 1 is 1.35 bits per heavy atom. The second-order valence-corrected chi connectivity index (χ2v) is 7.58. The van der Waals surface area contributed by atoms with Crippen LogP contribution in [0.25, 0.3) is 0 Å². The fourth-order valence-electron chi connectivity index (χ4n) is 2.59. The van der Waals surface area contributed by atoms with Gasteiger partial charge in [0.15, 0.2) is 0 Å². The molecule has 1 saturated carbocycles. The number of carbonyl (C=O) groups excluding carboxylic acids is 1. The maximum absolute atomic E-state index is 12.2. The van der Waals surface area contributed by atoms with Gasteiger partial charge in [-0.25, -0.2) is 0 Å². The van der Waals surface area contributed by atoms with Crippen LogP contribution >= 0.6 is 0 Å². The van der Waals surface area contributed by atoms with Crippen LogP contribution in [0, 0.1) is 11.8 Å². The Labute approximate surface area is 122 Å². The lowest BCUT2D eigenvalue weighted by atomic mass is 9.80. The van der Waals surface area contributed by atoms with Crippen LogP contribution in [0.5, 0.6) is 0 Å². The zero-order chi connectivity index (χ0) is 15.3. The molecule has 3 unspecified atom stereocenters. The van der Waals surface area contributed by atoms with E-state index in [2.05, 4.69) is 23.3 Å². The van der Waals surface area contributed by atoms with Crippen LogP contribution in [0.1, 0.15) is 39.5 Å². The second kappa shape index (κ2) is 7.38. The zero-order valence-corrected chi connectivity index (χ0v) is 13.6. The van der Waals surface area contributed by atoms with Crippen molar-refractivity contribution in [3.8, 4) is 0 Å². The molecular weight excluding hydrogens is 280 g/mol. The number of nitrogens with zero attached hydrogens (tertiary/aromatic N) is 1. The third kappa shape index (κ3) is 5.03. The standard InChI is InChI=1S/C13H26N2O4S/c1-10-5-6-12(11(2)9-10)14-20(17,18)15(3)8-7-13(16)19-4/h10-12,14H,5-9H2,1-4H3. The van der Waals surface area contributed by atoms with E-state index in [1.165, 1.54) is 18.5 Å². The third-order valence-corrected chi connectivity index (χ3v) is 5.60. The number of nitrogens with one attached hydrogen (secondary N) is 1. The van der Waals surface area contributed by atoms with Crippen molar-refractivity contribution in [2.75, 3.05) is 20.7 Å². The molecule has 0 aromatic carbocycles. The average molecular weight is 306 g/mol. The first kappa shape index (κ1) is 17.4. The highest BCUT2D eigenvalue weighted by Crippen LogP contribution is 2.29. The van der Waals surface area contributed by atoms with Gasteiger partial charge >= 0.3 is 5.97 Å². The SMILES string of the molecule is COC(=O)CCN(C)S(=O)(=O)NC1CCC(C)CC1C. The van der Waals surface area contributed by atoms with Gasteiger partial charge < -0.3 is 4.74 Å². The number of ether oxygens (including phenoxy) is 1. The maximum atomic E-state index is 12.2. The van der Waals surface area contributed by atoms with Crippen molar-refractivity contribution in [1.82, 2.24) is 9.03 Å². The molecule has 1 rings (SSSR count). The van der Waals surface area contributed by atoms with E-state index in [4.69, 9.17) is 0 Å². The molecule has 0 radical (unpaired) electrons. The van der Waals surface area contributed by atoms with Crippen LogP contribution < -0.4 is 4.72 Å². The monoisotopic (exact) mass is 306 g/mol. The van der Waals surface area contributed by atoms with Crippen LogP contribution in [-0.2, 0) is 19.7 Å². The third-order valence-electron chi connectivity index (χ3n) is 4.00. The highest BCUT2D eigenvalue weighted by atomic mass is 32.2. The van der Waals surface area contributed by atoms with Gasteiger partial charge in [-0.05, 0) is 31.1 Å². The summed E-state index contributed by atoms with van der Waals surface area (Å²) >= 11 is 0. The predicted molar refractivity (Wildman–Crippen MR) is 77.3 cm³/mol. The lowest BCUT2D eigenvalue weighted by Crippen LogP contribution is -2.48. The summed E-state index contributed by atoms with van der Waals surface area (Å²) in [5, 5.41) is 0. The second-order valence-electron chi connectivity index (χ2n) is 5.77. The first-order chi connectivity index (χ1) is 9.26. The summed E-state index contributed by atoms with van der Waals surface area (Å²) in [4.78, 5) is 11.1. The molecule has 0 aromatic rings. The Morgan fingerprint density at radius 2 is 2.00 bits per heavy atom. The van der Waals surface area contributed by atoms with Crippen LogP contribution in [0.3, 0.4) is 0 Å². The number of methoxy groups -OCH3 is 1. The molecule has 0 saturated heterocycles. The summed E-state index contributed by atoms with van der Waals surface area (Å²) in [5.41, 5.74) is 0. The van der Waals surface area contributed by atoms with E-state index in [9.17, 15) is 13.2 Å². The van der Waals surface area contributed by atoms with Crippen molar-refractivity contribution in [2.24, 2.45) is 11.8 Å². The summed E-state index contributed by atoms with van der Waals surface area (Å²) in [6.07, 6.45) is 3.01. The largest absolute Gasteiger partial charge is 0.469 e. The molecule has 3 atom stereocenters. The molecule has 118 valence electrons. The van der Waals surface area contributed by atoms with Gasteiger partial charge in [0.05, 0.1) is 13.5 Å². The summed E-state index contributed by atoms with van der Waals surface area (Å²) in [7, 11) is -0.773. The Morgan fingerprint density at radius 3 is 2.55 bits per heavy atom. The fraction of sp³-hybridized carbons (Fsp3) is 0.923. The first-order valence-electron chi connectivity index (χ1n) is 7.06. The van der Waals surface area contributed by atoms with Gasteiger partial charge in [0.1, 0.15) is 0 Å². The number of hydrogen-bond acceptors (Lipinski definition) is 4. The molecule has 0 spiro atoms. The minimum atomic E-state index is -3.54. The summed E-state index contributed by atoms with van der Waals surface area (Å²) in [5.74, 6) is 0.581. The van der Waals surface area contributed by atoms with Crippen molar-refractivity contribution in [1.29, 1.82) is 0 Å².